The van der Waals surface area contributed by atoms with Gasteiger partial charge in [0.2, 0.25) is 0 Å². The van der Waals surface area contributed by atoms with Gasteiger partial charge in [-0.1, -0.05) is 0 Å². The van der Waals surface area contributed by atoms with Crippen LogP contribution in [-0.2, 0) is 0 Å². The van der Waals surface area contributed by atoms with Gasteiger partial charge in [-0.3, -0.25) is 4.98 Å². The van der Waals surface area contributed by atoms with Gasteiger partial charge in [0.15, 0.2) is 0 Å². The van der Waals surface area contributed by atoms with Crippen molar-refractivity contribution in [3.8, 4) is 11.4 Å². The Morgan fingerprint density at radius 1 is 1.08 bits per heavy atom. The number of halogens is 1. The molecule has 3 aromatic rings. The zero-order chi connectivity index (χ0) is 16.9. The van der Waals surface area contributed by atoms with Gasteiger partial charge in [0.1, 0.15) is 11.6 Å². The lowest BCUT2D eigenvalue weighted by Crippen LogP contribution is -2.52. The molecule has 0 atom stereocenters. The first-order valence-electron chi connectivity index (χ1n) is 8.60. The molecule has 1 aliphatic carbocycles. The van der Waals surface area contributed by atoms with Crippen LogP contribution in [0.1, 0.15) is 12.8 Å². The summed E-state index contributed by atoms with van der Waals surface area (Å²) in [5, 5.41) is 4.53. The monoisotopic (exact) mass is 335 g/mol. The summed E-state index contributed by atoms with van der Waals surface area (Å²) < 4.78 is 14.3. The molecule has 0 unspecified atom stereocenters. The van der Waals surface area contributed by atoms with Crippen molar-refractivity contribution in [2.75, 3.05) is 24.5 Å². The van der Waals surface area contributed by atoms with Gasteiger partial charge >= 0.3 is 0 Å². The Morgan fingerprint density at radius 3 is 2.88 bits per heavy atom. The first-order chi connectivity index (χ1) is 12.2. The molecule has 0 radical (unpaired) electrons. The maximum atomic E-state index is 14.3. The smallest absolute Gasteiger partial charge is 0.132 e. The number of nitrogens with one attached hydrogen (secondary N) is 1. The SMILES string of the molecule is Fc1cc(-c2ccc3cnccc3n2)nc(N2CCNC3(CC3)C2)c1. The summed E-state index contributed by atoms with van der Waals surface area (Å²) in [6.45, 7) is 2.64. The minimum absolute atomic E-state index is 0.223. The van der Waals surface area contributed by atoms with Gasteiger partial charge in [0.25, 0.3) is 0 Å². The molecule has 5 rings (SSSR count). The average Bonchev–Trinajstić information content (AvgIpc) is 3.39. The Hall–Kier alpha value is -2.60. The van der Waals surface area contributed by atoms with Crippen molar-refractivity contribution in [1.82, 2.24) is 20.3 Å². The van der Waals surface area contributed by atoms with E-state index in [9.17, 15) is 4.39 Å². The summed E-state index contributed by atoms with van der Waals surface area (Å²) in [5.41, 5.74) is 2.30. The zero-order valence-electron chi connectivity index (χ0n) is 13.7. The second-order valence-electron chi connectivity index (χ2n) is 6.92. The van der Waals surface area contributed by atoms with Gasteiger partial charge in [-0.05, 0) is 31.0 Å². The predicted octanol–water partition coefficient (Wildman–Crippen LogP) is 2.77. The molecule has 4 heterocycles. The van der Waals surface area contributed by atoms with Gasteiger partial charge in [0.05, 0.1) is 16.9 Å². The lowest BCUT2D eigenvalue weighted by atomic mass is 10.1. The molecule has 2 fully saturated rings. The quantitative estimate of drug-likeness (QED) is 0.780. The zero-order valence-corrected chi connectivity index (χ0v) is 13.7. The number of nitrogens with zero attached hydrogens (tertiary/aromatic N) is 4. The molecule has 6 heteroatoms. The summed E-state index contributed by atoms with van der Waals surface area (Å²) in [6, 6.07) is 8.65. The molecule has 1 saturated carbocycles. The molecule has 0 amide bonds. The highest BCUT2D eigenvalue weighted by Gasteiger charge is 2.45. The summed E-state index contributed by atoms with van der Waals surface area (Å²) in [4.78, 5) is 15.6. The van der Waals surface area contributed by atoms with Crippen LogP contribution in [0.25, 0.3) is 22.3 Å². The summed E-state index contributed by atoms with van der Waals surface area (Å²) in [7, 11) is 0. The van der Waals surface area contributed by atoms with Crippen LogP contribution < -0.4 is 10.2 Å². The molecule has 25 heavy (non-hydrogen) atoms. The van der Waals surface area contributed by atoms with Crippen LogP contribution in [0.2, 0.25) is 0 Å². The van der Waals surface area contributed by atoms with Gasteiger partial charge in [-0.2, -0.15) is 0 Å². The van der Waals surface area contributed by atoms with Crippen LogP contribution in [-0.4, -0.2) is 40.1 Å². The third-order valence-corrected chi connectivity index (χ3v) is 5.08. The van der Waals surface area contributed by atoms with E-state index in [1.165, 1.54) is 25.0 Å². The van der Waals surface area contributed by atoms with Gasteiger partial charge < -0.3 is 10.2 Å². The van der Waals surface area contributed by atoms with Gasteiger partial charge in [-0.25, -0.2) is 14.4 Å². The third kappa shape index (κ3) is 2.72. The van der Waals surface area contributed by atoms with Crippen LogP contribution >= 0.6 is 0 Å². The maximum absolute atomic E-state index is 14.3. The predicted molar refractivity (Wildman–Crippen MR) is 94.9 cm³/mol. The van der Waals surface area contributed by atoms with Crippen LogP contribution in [0.3, 0.4) is 0 Å². The molecule has 1 N–H and O–H groups in total. The Morgan fingerprint density at radius 2 is 2.00 bits per heavy atom. The van der Waals surface area contributed by atoms with E-state index in [1.54, 1.807) is 12.4 Å². The van der Waals surface area contributed by atoms with E-state index in [1.807, 2.05) is 18.2 Å². The van der Waals surface area contributed by atoms with E-state index in [2.05, 4.69) is 20.2 Å². The number of aromatic nitrogens is 3. The van der Waals surface area contributed by atoms with Crippen molar-refractivity contribution in [2.24, 2.45) is 0 Å². The molecule has 5 nitrogen and oxygen atoms in total. The number of hydrogen-bond acceptors (Lipinski definition) is 5. The standard InChI is InChI=1S/C19H18FN5/c20-14-9-17(16-2-1-13-11-21-6-3-15(13)23-16)24-18(10-14)25-8-7-22-19(12-25)4-5-19/h1-3,6,9-11,22H,4-5,7-8,12H2. The molecule has 2 aliphatic rings. The van der Waals surface area contributed by atoms with Crippen molar-refractivity contribution < 1.29 is 4.39 Å². The van der Waals surface area contributed by atoms with Crippen molar-refractivity contribution >= 4 is 16.7 Å². The van der Waals surface area contributed by atoms with E-state index in [4.69, 9.17) is 4.98 Å². The van der Waals surface area contributed by atoms with Gasteiger partial charge in [0, 0.05) is 55.1 Å². The highest BCUT2D eigenvalue weighted by molar-refractivity contribution is 5.80. The number of fused-ring (bicyclic) bond motifs is 1. The number of pyridine rings is 3. The summed E-state index contributed by atoms with van der Waals surface area (Å²) in [5.74, 6) is 0.416. The van der Waals surface area contributed by atoms with Crippen LogP contribution in [0, 0.1) is 5.82 Å². The lowest BCUT2D eigenvalue weighted by molar-refractivity contribution is 0.439. The average molecular weight is 335 g/mol. The van der Waals surface area contributed by atoms with Crippen LogP contribution in [0.4, 0.5) is 10.2 Å². The molecule has 1 spiro atoms. The highest BCUT2D eigenvalue weighted by Crippen LogP contribution is 2.38. The molecule has 1 aliphatic heterocycles. The molecule has 3 aromatic heterocycles. The topological polar surface area (TPSA) is 53.9 Å². The van der Waals surface area contributed by atoms with Crippen molar-refractivity contribution in [1.29, 1.82) is 0 Å². The fourth-order valence-electron chi connectivity index (χ4n) is 3.52. The molecule has 1 saturated heterocycles. The molecular formula is C19H18FN5. The second-order valence-corrected chi connectivity index (χ2v) is 6.92. The van der Waals surface area contributed by atoms with E-state index in [0.717, 1.165) is 30.5 Å². The molecule has 126 valence electrons. The minimum atomic E-state index is -0.278. The maximum Gasteiger partial charge on any atom is 0.132 e. The van der Waals surface area contributed by atoms with Crippen LogP contribution in [0.5, 0.6) is 0 Å². The van der Waals surface area contributed by atoms with Crippen molar-refractivity contribution in [3.05, 3.63) is 48.5 Å². The number of anilines is 1. The number of rotatable bonds is 2. The van der Waals surface area contributed by atoms with E-state index >= 15 is 0 Å². The normalized spacial score (nSPS) is 18.7. The fourth-order valence-corrected chi connectivity index (χ4v) is 3.52. The Labute approximate surface area is 144 Å². The largest absolute Gasteiger partial charge is 0.353 e. The first kappa shape index (κ1) is 14.7. The summed E-state index contributed by atoms with van der Waals surface area (Å²) in [6.07, 6.45) is 5.85. The molecule has 0 bridgehead atoms. The van der Waals surface area contributed by atoms with Crippen molar-refractivity contribution in [3.63, 3.8) is 0 Å². The number of piperazine rings is 1. The summed E-state index contributed by atoms with van der Waals surface area (Å²) >= 11 is 0. The van der Waals surface area contributed by atoms with E-state index in [0.29, 0.717) is 17.2 Å². The highest BCUT2D eigenvalue weighted by atomic mass is 19.1. The number of hydrogen-bond donors (Lipinski definition) is 1. The minimum Gasteiger partial charge on any atom is -0.353 e. The lowest BCUT2D eigenvalue weighted by Gasteiger charge is -2.35. The Bertz CT molecular complexity index is 953. The third-order valence-electron chi connectivity index (χ3n) is 5.08. The molecular weight excluding hydrogens is 317 g/mol. The Balaban J connectivity index is 1.53. The second kappa shape index (κ2) is 5.46. The van der Waals surface area contributed by atoms with E-state index < -0.39 is 0 Å². The fraction of sp³-hybridized carbons (Fsp3) is 0.316. The molecule has 0 aromatic carbocycles. The van der Waals surface area contributed by atoms with Crippen molar-refractivity contribution in [2.45, 2.75) is 18.4 Å². The first-order valence-corrected chi connectivity index (χ1v) is 8.60. The Kier molecular flexibility index (Phi) is 3.21. The van der Waals surface area contributed by atoms with Crippen LogP contribution in [0.15, 0.2) is 42.7 Å². The van der Waals surface area contributed by atoms with Gasteiger partial charge in [-0.15, -0.1) is 0 Å². The van der Waals surface area contributed by atoms with E-state index in [-0.39, 0.29) is 11.4 Å².